The van der Waals surface area contributed by atoms with Crippen LogP contribution in [0.3, 0.4) is 0 Å². The molecule has 0 amide bonds. The molecule has 19 heavy (non-hydrogen) atoms. The fourth-order valence-corrected chi connectivity index (χ4v) is 3.79. The van der Waals surface area contributed by atoms with Crippen molar-refractivity contribution >= 4 is 10.0 Å². The Labute approximate surface area is 114 Å². The van der Waals surface area contributed by atoms with Crippen LogP contribution >= 0.6 is 0 Å². The first-order valence-corrected chi connectivity index (χ1v) is 8.19. The third-order valence-corrected chi connectivity index (χ3v) is 5.78. The first-order valence-electron chi connectivity index (χ1n) is 6.71. The number of benzene rings is 1. The van der Waals surface area contributed by atoms with Gasteiger partial charge in [0.1, 0.15) is 0 Å². The molecule has 4 nitrogen and oxygen atoms in total. The molecule has 1 atom stereocenters. The first-order chi connectivity index (χ1) is 8.88. The zero-order valence-electron chi connectivity index (χ0n) is 11.4. The maximum atomic E-state index is 12.2. The van der Waals surface area contributed by atoms with Crippen LogP contribution in [-0.4, -0.2) is 15.0 Å². The van der Waals surface area contributed by atoms with E-state index in [1.165, 1.54) is 5.56 Å². The smallest absolute Gasteiger partial charge is 0.240 e. The van der Waals surface area contributed by atoms with Gasteiger partial charge in [0.25, 0.3) is 0 Å². The summed E-state index contributed by atoms with van der Waals surface area (Å²) in [6.07, 6.45) is 1.10. The number of sulfonamides is 1. The molecule has 2 N–H and O–H groups in total. The Morgan fingerprint density at radius 2 is 2.00 bits per heavy atom. The van der Waals surface area contributed by atoms with Crippen LogP contribution < -0.4 is 10.0 Å². The Kier molecular flexibility index (Phi) is 2.96. The van der Waals surface area contributed by atoms with E-state index in [-0.39, 0.29) is 0 Å². The summed E-state index contributed by atoms with van der Waals surface area (Å²) in [7, 11) is -3.36. The standard InChI is InChI=1S/C14H20N2O2S/c1-14(2)6-12(14)9-16-19(17,18)13-4-3-10-7-15-8-11(10)5-13/h3-5,12,15-16H,6-9H2,1-2H3. The fraction of sp³-hybridized carbons (Fsp3) is 0.571. The molecule has 1 heterocycles. The van der Waals surface area contributed by atoms with Gasteiger partial charge in [-0.1, -0.05) is 19.9 Å². The fourth-order valence-electron chi connectivity index (χ4n) is 2.66. The van der Waals surface area contributed by atoms with Crippen molar-refractivity contribution in [1.29, 1.82) is 0 Å². The molecule has 1 aromatic rings. The highest BCUT2D eigenvalue weighted by atomic mass is 32.2. The molecule has 0 radical (unpaired) electrons. The molecule has 0 saturated heterocycles. The first kappa shape index (κ1) is 13.1. The van der Waals surface area contributed by atoms with Gasteiger partial charge in [-0.2, -0.15) is 0 Å². The van der Waals surface area contributed by atoms with E-state index in [1.807, 2.05) is 6.07 Å². The van der Waals surface area contributed by atoms with Crippen molar-refractivity contribution in [3.8, 4) is 0 Å². The minimum atomic E-state index is -3.36. The van der Waals surface area contributed by atoms with E-state index in [1.54, 1.807) is 12.1 Å². The minimum Gasteiger partial charge on any atom is -0.309 e. The van der Waals surface area contributed by atoms with Crippen molar-refractivity contribution in [3.05, 3.63) is 29.3 Å². The normalized spacial score (nSPS) is 24.2. The highest BCUT2D eigenvalue weighted by molar-refractivity contribution is 7.89. The number of nitrogens with one attached hydrogen (secondary N) is 2. The van der Waals surface area contributed by atoms with Crippen molar-refractivity contribution in [2.24, 2.45) is 11.3 Å². The van der Waals surface area contributed by atoms with Gasteiger partial charge in [0.15, 0.2) is 0 Å². The zero-order valence-corrected chi connectivity index (χ0v) is 12.2. The molecule has 2 aliphatic rings. The predicted molar refractivity (Wildman–Crippen MR) is 74.1 cm³/mol. The predicted octanol–water partition coefficient (Wildman–Crippen LogP) is 1.61. The van der Waals surface area contributed by atoms with Crippen LogP contribution in [0.4, 0.5) is 0 Å². The van der Waals surface area contributed by atoms with Gasteiger partial charge >= 0.3 is 0 Å². The van der Waals surface area contributed by atoms with Crippen LogP contribution in [-0.2, 0) is 23.1 Å². The second-order valence-corrected chi connectivity index (χ2v) is 8.04. The molecule has 1 fully saturated rings. The lowest BCUT2D eigenvalue weighted by molar-refractivity contribution is 0.537. The maximum Gasteiger partial charge on any atom is 0.240 e. The van der Waals surface area contributed by atoms with E-state index in [0.717, 1.165) is 25.1 Å². The maximum absolute atomic E-state index is 12.2. The Morgan fingerprint density at radius 3 is 2.68 bits per heavy atom. The third kappa shape index (κ3) is 2.55. The van der Waals surface area contributed by atoms with Crippen LogP contribution in [0, 0.1) is 11.3 Å². The van der Waals surface area contributed by atoms with Crippen molar-refractivity contribution in [2.75, 3.05) is 6.54 Å². The van der Waals surface area contributed by atoms with E-state index in [4.69, 9.17) is 0 Å². The second kappa shape index (κ2) is 4.30. The van der Waals surface area contributed by atoms with Gasteiger partial charge < -0.3 is 5.32 Å². The van der Waals surface area contributed by atoms with Crippen LogP contribution in [0.1, 0.15) is 31.4 Å². The van der Waals surface area contributed by atoms with Gasteiger partial charge in [0.2, 0.25) is 10.0 Å². The summed E-state index contributed by atoms with van der Waals surface area (Å²) < 4.78 is 27.2. The molecule has 1 aromatic carbocycles. The summed E-state index contributed by atoms with van der Waals surface area (Å²) in [5.74, 6) is 0.471. The van der Waals surface area contributed by atoms with Crippen LogP contribution in [0.5, 0.6) is 0 Å². The molecule has 3 rings (SSSR count). The van der Waals surface area contributed by atoms with Gasteiger partial charge in [-0.3, -0.25) is 0 Å². The van der Waals surface area contributed by atoms with E-state index < -0.39 is 10.0 Å². The number of hydrogen-bond donors (Lipinski definition) is 2. The molecule has 1 saturated carbocycles. The quantitative estimate of drug-likeness (QED) is 0.881. The molecule has 5 heteroatoms. The highest BCUT2D eigenvalue weighted by Crippen LogP contribution is 2.51. The number of hydrogen-bond acceptors (Lipinski definition) is 3. The molecule has 1 aliphatic heterocycles. The van der Waals surface area contributed by atoms with Gasteiger partial charge in [-0.25, -0.2) is 13.1 Å². The number of rotatable bonds is 4. The van der Waals surface area contributed by atoms with Crippen LogP contribution in [0.2, 0.25) is 0 Å². The Bertz CT molecular complexity index is 608. The van der Waals surface area contributed by atoms with Gasteiger partial charge in [0.05, 0.1) is 4.90 Å². The molecule has 0 bridgehead atoms. The second-order valence-electron chi connectivity index (χ2n) is 6.28. The Balaban J connectivity index is 1.73. The van der Waals surface area contributed by atoms with E-state index in [0.29, 0.717) is 22.8 Å². The molecule has 1 aliphatic carbocycles. The van der Waals surface area contributed by atoms with Crippen LogP contribution in [0.25, 0.3) is 0 Å². The van der Waals surface area contributed by atoms with E-state index >= 15 is 0 Å². The third-order valence-electron chi connectivity index (χ3n) is 4.36. The zero-order chi connectivity index (χ0) is 13.7. The molecular weight excluding hydrogens is 260 g/mol. The average Bonchev–Trinajstić information content (AvgIpc) is 2.76. The summed E-state index contributed by atoms with van der Waals surface area (Å²) in [6.45, 7) is 6.48. The van der Waals surface area contributed by atoms with Crippen molar-refractivity contribution in [1.82, 2.24) is 10.0 Å². The summed E-state index contributed by atoms with van der Waals surface area (Å²) >= 11 is 0. The molecule has 104 valence electrons. The topological polar surface area (TPSA) is 58.2 Å². The Hall–Kier alpha value is -0.910. The SMILES string of the molecule is CC1(C)CC1CNS(=O)(=O)c1ccc2c(c1)CNC2. The summed E-state index contributed by atoms with van der Waals surface area (Å²) in [4.78, 5) is 0.383. The highest BCUT2D eigenvalue weighted by Gasteiger charge is 2.45. The van der Waals surface area contributed by atoms with E-state index in [2.05, 4.69) is 23.9 Å². The van der Waals surface area contributed by atoms with Crippen molar-refractivity contribution in [2.45, 2.75) is 38.3 Å². The van der Waals surface area contributed by atoms with Gasteiger partial charge in [0, 0.05) is 19.6 Å². The molecule has 0 aromatic heterocycles. The van der Waals surface area contributed by atoms with Crippen LogP contribution in [0.15, 0.2) is 23.1 Å². The lowest BCUT2D eigenvalue weighted by Gasteiger charge is -2.09. The lowest BCUT2D eigenvalue weighted by Crippen LogP contribution is -2.27. The molecular formula is C14H20N2O2S. The van der Waals surface area contributed by atoms with Gasteiger partial charge in [-0.05, 0) is 41.0 Å². The van der Waals surface area contributed by atoms with E-state index in [9.17, 15) is 8.42 Å². The Morgan fingerprint density at radius 1 is 1.32 bits per heavy atom. The molecule has 0 spiro atoms. The summed E-state index contributed by atoms with van der Waals surface area (Å²) in [5, 5.41) is 3.22. The lowest BCUT2D eigenvalue weighted by atomic mass is 10.1. The van der Waals surface area contributed by atoms with Crippen molar-refractivity contribution in [3.63, 3.8) is 0 Å². The largest absolute Gasteiger partial charge is 0.309 e. The average molecular weight is 280 g/mol. The van der Waals surface area contributed by atoms with Gasteiger partial charge in [-0.15, -0.1) is 0 Å². The molecule has 1 unspecified atom stereocenters. The minimum absolute atomic E-state index is 0.296. The summed E-state index contributed by atoms with van der Waals surface area (Å²) in [5.41, 5.74) is 2.58. The summed E-state index contributed by atoms with van der Waals surface area (Å²) in [6, 6.07) is 5.40. The van der Waals surface area contributed by atoms with Crippen molar-refractivity contribution < 1.29 is 8.42 Å². The monoisotopic (exact) mass is 280 g/mol. The number of fused-ring (bicyclic) bond motifs is 1.